The van der Waals surface area contributed by atoms with Gasteiger partial charge in [0.15, 0.2) is 11.2 Å². The van der Waals surface area contributed by atoms with Gasteiger partial charge < -0.3 is 48.1 Å². The first kappa shape index (κ1) is 40.3. The number of anilines is 2. The van der Waals surface area contributed by atoms with E-state index in [2.05, 4.69) is 53.8 Å². The SMILES string of the molecule is Nc1nc2ncc(CNc3ccc(C(=O)N[C@H](CCC(=O)CC[C@H](N)C(=O)N[C@@H](CC(=O)O)C(=O)NC(CS)C(=O)O)C(=O)O)cc3)nc2c(=O)[nH]1. The Morgan fingerprint density at radius 3 is 2.10 bits per heavy atom. The van der Waals surface area contributed by atoms with Gasteiger partial charge in [0.05, 0.1) is 30.9 Å². The molecule has 3 aromatic rings. The predicted molar refractivity (Wildman–Crippen MR) is 184 cm³/mol. The summed E-state index contributed by atoms with van der Waals surface area (Å²) in [6, 6.07) is 0.0656. The molecule has 0 aliphatic rings. The van der Waals surface area contributed by atoms with E-state index in [0.29, 0.717) is 11.4 Å². The summed E-state index contributed by atoms with van der Waals surface area (Å²) in [7, 11) is 0. The third-order valence-corrected chi connectivity index (χ3v) is 7.67. The quantitative estimate of drug-likeness (QED) is 0.0557. The van der Waals surface area contributed by atoms with Gasteiger partial charge in [-0.15, -0.1) is 0 Å². The number of hydrogen-bond donors (Lipinski definition) is 11. The highest BCUT2D eigenvalue weighted by atomic mass is 32.1. The van der Waals surface area contributed by atoms with Crippen LogP contribution < -0.4 is 38.3 Å². The number of ketones is 1. The van der Waals surface area contributed by atoms with E-state index in [0.717, 1.165) is 0 Å². The van der Waals surface area contributed by atoms with E-state index < -0.39 is 77.6 Å². The third kappa shape index (κ3) is 12.0. The maximum absolute atomic E-state index is 12.8. The molecule has 3 amide bonds. The van der Waals surface area contributed by atoms with Crippen molar-refractivity contribution in [2.75, 3.05) is 16.8 Å². The van der Waals surface area contributed by atoms with Gasteiger partial charge >= 0.3 is 17.9 Å². The minimum Gasteiger partial charge on any atom is -0.481 e. The van der Waals surface area contributed by atoms with Gasteiger partial charge in [0.2, 0.25) is 17.8 Å². The Bertz CT molecular complexity index is 1890. The lowest BCUT2D eigenvalue weighted by atomic mass is 10.0. The number of Topliss-reactive ketones (excluding diaryl/α,β-unsaturated/α-hetero) is 1. The molecule has 2 heterocycles. The largest absolute Gasteiger partial charge is 0.481 e. The summed E-state index contributed by atoms with van der Waals surface area (Å²) in [6.07, 6.45) is -0.580. The number of carboxylic acid groups (broad SMARTS) is 3. The highest BCUT2D eigenvalue weighted by Gasteiger charge is 2.29. The number of nitrogens with one attached hydrogen (secondary N) is 5. The highest BCUT2D eigenvalue weighted by molar-refractivity contribution is 7.80. The lowest BCUT2D eigenvalue weighted by Gasteiger charge is -2.21. The van der Waals surface area contributed by atoms with Crippen LogP contribution in [0.25, 0.3) is 11.2 Å². The molecule has 1 aromatic carbocycles. The summed E-state index contributed by atoms with van der Waals surface area (Å²) in [5.74, 6) is -7.96. The Kier molecular flexibility index (Phi) is 14.5. The Hall–Kier alpha value is -6.16. The molecule has 22 heteroatoms. The van der Waals surface area contributed by atoms with Gasteiger partial charge in [-0.25, -0.2) is 19.6 Å². The minimum absolute atomic E-state index is 0.0111. The molecule has 0 saturated heterocycles. The van der Waals surface area contributed by atoms with Gasteiger partial charge in [-0.05, 0) is 37.1 Å². The third-order valence-electron chi connectivity index (χ3n) is 7.30. The predicted octanol–water partition coefficient (Wildman–Crippen LogP) is -1.99. The fraction of sp³-hybridized carbons (Fsp3) is 0.367. The Morgan fingerprint density at radius 2 is 1.48 bits per heavy atom. The molecular weight excluding hydrogens is 708 g/mol. The van der Waals surface area contributed by atoms with Gasteiger partial charge in [-0.1, -0.05) is 0 Å². The topological polar surface area (TPSA) is 352 Å². The smallest absolute Gasteiger partial charge is 0.327 e. The molecule has 21 nitrogen and oxygen atoms in total. The number of nitrogen functional groups attached to an aromatic ring is 1. The van der Waals surface area contributed by atoms with E-state index in [-0.39, 0.29) is 60.7 Å². The fourth-order valence-corrected chi connectivity index (χ4v) is 4.73. The second kappa shape index (κ2) is 18.7. The molecular formula is C30H36N10O11S. The van der Waals surface area contributed by atoms with Crippen molar-refractivity contribution < 1.29 is 48.9 Å². The van der Waals surface area contributed by atoms with Crippen LogP contribution in [0.4, 0.5) is 11.6 Å². The van der Waals surface area contributed by atoms with Crippen molar-refractivity contribution in [2.24, 2.45) is 5.73 Å². The van der Waals surface area contributed by atoms with Gasteiger partial charge in [0.1, 0.15) is 23.9 Å². The molecule has 0 bridgehead atoms. The van der Waals surface area contributed by atoms with E-state index in [9.17, 15) is 43.5 Å². The normalized spacial score (nSPS) is 13.2. The van der Waals surface area contributed by atoms with Gasteiger partial charge in [0.25, 0.3) is 11.5 Å². The molecule has 3 rings (SSSR count). The number of H-pyrrole nitrogens is 1. The van der Waals surface area contributed by atoms with Crippen molar-refractivity contribution in [1.82, 2.24) is 35.9 Å². The molecule has 0 spiro atoms. The van der Waals surface area contributed by atoms with Gasteiger partial charge in [-0.3, -0.25) is 33.8 Å². The van der Waals surface area contributed by atoms with E-state index in [1.165, 1.54) is 18.3 Å². The van der Waals surface area contributed by atoms with Crippen LogP contribution in [-0.2, 0) is 35.3 Å². The molecule has 2 aromatic heterocycles. The average Bonchev–Trinajstić information content (AvgIpc) is 3.09. The number of rotatable bonds is 20. The van der Waals surface area contributed by atoms with Crippen LogP contribution >= 0.6 is 12.6 Å². The summed E-state index contributed by atoms with van der Waals surface area (Å²) in [6.45, 7) is 0.164. The minimum atomic E-state index is -1.67. The first-order chi connectivity index (χ1) is 24.6. The van der Waals surface area contributed by atoms with Crippen LogP contribution in [-0.4, -0.2) is 107 Å². The maximum atomic E-state index is 12.8. The van der Waals surface area contributed by atoms with E-state index in [1.807, 2.05) is 0 Å². The van der Waals surface area contributed by atoms with Crippen LogP contribution in [0.3, 0.4) is 0 Å². The first-order valence-electron chi connectivity index (χ1n) is 15.4. The molecule has 0 radical (unpaired) electrons. The Labute approximate surface area is 298 Å². The summed E-state index contributed by atoms with van der Waals surface area (Å²) < 4.78 is 0. The van der Waals surface area contributed by atoms with Crippen molar-refractivity contribution >= 4 is 76.8 Å². The van der Waals surface area contributed by atoms with Crippen LogP contribution in [0.1, 0.15) is 48.2 Å². The number of carboxylic acids is 3. The number of hydrogen-bond acceptors (Lipinski definition) is 15. The lowest BCUT2D eigenvalue weighted by molar-refractivity contribution is -0.143. The zero-order valence-electron chi connectivity index (χ0n) is 27.2. The number of benzene rings is 1. The van der Waals surface area contributed by atoms with Crippen molar-refractivity contribution in [3.05, 3.63) is 52.1 Å². The number of aromatic amines is 1. The number of carbonyl (C=O) groups is 7. The number of aromatic nitrogens is 4. The number of carbonyl (C=O) groups excluding carboxylic acids is 4. The molecule has 1 unspecified atom stereocenters. The van der Waals surface area contributed by atoms with E-state index >= 15 is 0 Å². The number of nitrogens with zero attached hydrogens (tertiary/aromatic N) is 3. The average molecular weight is 745 g/mol. The zero-order valence-corrected chi connectivity index (χ0v) is 28.1. The number of fused-ring (bicyclic) bond motifs is 1. The van der Waals surface area contributed by atoms with Gasteiger partial charge in [0, 0.05) is 29.8 Å². The molecule has 0 aliphatic carbocycles. The molecule has 52 heavy (non-hydrogen) atoms. The number of thiol groups is 1. The summed E-state index contributed by atoms with van der Waals surface area (Å²) >= 11 is 3.80. The Balaban J connectivity index is 1.47. The summed E-state index contributed by atoms with van der Waals surface area (Å²) in [5.41, 5.74) is 12.0. The van der Waals surface area contributed by atoms with E-state index in [1.54, 1.807) is 12.1 Å². The summed E-state index contributed by atoms with van der Waals surface area (Å²) in [5, 5.41) is 37.4. The van der Waals surface area contributed by atoms with Crippen LogP contribution in [0.15, 0.2) is 35.3 Å². The highest BCUT2D eigenvalue weighted by Crippen LogP contribution is 2.13. The first-order valence-corrected chi connectivity index (χ1v) is 16.0. The second-order valence-corrected chi connectivity index (χ2v) is 11.6. The summed E-state index contributed by atoms with van der Waals surface area (Å²) in [4.78, 5) is 111. The fourth-order valence-electron chi connectivity index (χ4n) is 4.49. The van der Waals surface area contributed by atoms with Crippen molar-refractivity contribution in [2.45, 2.75) is 62.8 Å². The Morgan fingerprint density at radius 1 is 0.846 bits per heavy atom. The number of nitrogens with two attached hydrogens (primary N) is 2. The monoisotopic (exact) mass is 744 g/mol. The van der Waals surface area contributed by atoms with Crippen molar-refractivity contribution in [1.29, 1.82) is 0 Å². The van der Waals surface area contributed by atoms with E-state index in [4.69, 9.17) is 21.7 Å². The van der Waals surface area contributed by atoms with Crippen LogP contribution in [0.2, 0.25) is 0 Å². The molecule has 0 fully saturated rings. The molecule has 0 aliphatic heterocycles. The molecule has 0 saturated carbocycles. The standard InChI is InChI=1S/C30H36N10O11S/c31-17(25(45)37-19(9-21(42)43)26(46)38-20(12-52)29(50)51)7-5-16(41)6-8-18(28(48)49)36-24(44)13-1-3-14(4-2-13)33-10-15-11-34-23-22(35-15)27(47)40-30(32)39-23/h1-4,11,17-20,33,52H,5-10,12,31H2,(H,36,44)(H,37,45)(H,38,46)(H,42,43)(H,48,49)(H,50,51)(H3,32,34,39,40,47)/t17-,18+,19-,20?/m0/s1. The molecule has 12 N–H and O–H groups in total. The lowest BCUT2D eigenvalue weighted by Crippen LogP contribution is -2.55. The molecule has 278 valence electrons. The van der Waals surface area contributed by atoms with Crippen molar-refractivity contribution in [3.63, 3.8) is 0 Å². The zero-order chi connectivity index (χ0) is 38.5. The van der Waals surface area contributed by atoms with Crippen LogP contribution in [0, 0.1) is 0 Å². The van der Waals surface area contributed by atoms with Crippen LogP contribution in [0.5, 0.6) is 0 Å². The molecule has 4 atom stereocenters. The number of aliphatic carboxylic acids is 3. The van der Waals surface area contributed by atoms with Crippen molar-refractivity contribution in [3.8, 4) is 0 Å². The second-order valence-electron chi connectivity index (χ2n) is 11.2. The number of amides is 3. The van der Waals surface area contributed by atoms with Gasteiger partial charge in [-0.2, -0.15) is 17.6 Å². The maximum Gasteiger partial charge on any atom is 0.327 e.